The number of piperazine rings is 1. The molecule has 4 rings (SSSR count). The summed E-state index contributed by atoms with van der Waals surface area (Å²) in [6.07, 6.45) is 0. The maximum atomic E-state index is 13.3. The molecule has 0 unspecified atom stereocenters. The molecule has 1 aliphatic heterocycles. The Hall–Kier alpha value is -3.35. The van der Waals surface area contributed by atoms with E-state index >= 15 is 0 Å². The molecule has 0 atom stereocenters. The number of hydrogen-bond acceptors (Lipinski definition) is 4. The second-order valence-corrected chi connectivity index (χ2v) is 7.24. The third-order valence-electron chi connectivity index (χ3n) is 5.19. The maximum Gasteiger partial charge on any atom is 0.272 e. The average Bonchev–Trinajstić information content (AvgIpc) is 3.16. The van der Waals surface area contributed by atoms with Crippen molar-refractivity contribution in [1.29, 1.82) is 0 Å². The third kappa shape index (κ3) is 4.01. The molecule has 6 nitrogen and oxygen atoms in total. The van der Waals surface area contributed by atoms with Crippen molar-refractivity contribution < 1.29 is 13.9 Å². The van der Waals surface area contributed by atoms with E-state index in [1.54, 1.807) is 22.9 Å². The van der Waals surface area contributed by atoms with Gasteiger partial charge in [0.1, 0.15) is 17.3 Å². The molecule has 30 heavy (non-hydrogen) atoms. The zero-order valence-electron chi connectivity index (χ0n) is 17.2. The Morgan fingerprint density at radius 1 is 1.07 bits per heavy atom. The summed E-state index contributed by atoms with van der Waals surface area (Å²) in [5.74, 6) is 0.474. The van der Waals surface area contributed by atoms with Crippen molar-refractivity contribution >= 4 is 11.6 Å². The van der Waals surface area contributed by atoms with Crippen molar-refractivity contribution in [2.45, 2.75) is 13.8 Å². The summed E-state index contributed by atoms with van der Waals surface area (Å²) >= 11 is 0. The lowest BCUT2D eigenvalue weighted by atomic mass is 10.2. The number of hydrogen-bond donors (Lipinski definition) is 0. The Bertz CT molecular complexity index is 1020. The highest BCUT2D eigenvalue weighted by Gasteiger charge is 2.26. The van der Waals surface area contributed by atoms with Crippen molar-refractivity contribution in [3.8, 4) is 11.4 Å². The molecular weight excluding hydrogens is 383 g/mol. The Balaban J connectivity index is 1.50. The number of rotatable bonds is 5. The van der Waals surface area contributed by atoms with Crippen LogP contribution in [0.3, 0.4) is 0 Å². The molecule has 156 valence electrons. The van der Waals surface area contributed by atoms with Crippen molar-refractivity contribution in [3.05, 3.63) is 71.8 Å². The zero-order valence-corrected chi connectivity index (χ0v) is 17.2. The second kappa shape index (κ2) is 8.57. The van der Waals surface area contributed by atoms with Crippen LogP contribution in [-0.2, 0) is 0 Å². The Kier molecular flexibility index (Phi) is 5.70. The smallest absolute Gasteiger partial charge is 0.272 e. The van der Waals surface area contributed by atoms with Crippen LogP contribution in [0.4, 0.5) is 10.1 Å². The van der Waals surface area contributed by atoms with E-state index in [0.717, 1.165) is 30.2 Å². The topological polar surface area (TPSA) is 50.6 Å². The number of anilines is 1. The van der Waals surface area contributed by atoms with Crippen molar-refractivity contribution in [3.63, 3.8) is 0 Å². The summed E-state index contributed by atoms with van der Waals surface area (Å²) in [4.78, 5) is 17.3. The number of halogens is 1. The van der Waals surface area contributed by atoms with Crippen LogP contribution in [0.1, 0.15) is 23.1 Å². The molecule has 2 heterocycles. The van der Waals surface area contributed by atoms with Gasteiger partial charge in [0.2, 0.25) is 0 Å². The van der Waals surface area contributed by atoms with Gasteiger partial charge >= 0.3 is 0 Å². The number of benzene rings is 2. The fourth-order valence-corrected chi connectivity index (χ4v) is 3.74. The van der Waals surface area contributed by atoms with Gasteiger partial charge in [-0.3, -0.25) is 4.79 Å². The van der Waals surface area contributed by atoms with Gasteiger partial charge in [-0.25, -0.2) is 9.07 Å². The lowest BCUT2D eigenvalue weighted by molar-refractivity contribution is 0.0737. The quantitative estimate of drug-likeness (QED) is 0.646. The largest absolute Gasteiger partial charge is 0.492 e. The first-order valence-electron chi connectivity index (χ1n) is 10.2. The molecule has 1 saturated heterocycles. The summed E-state index contributed by atoms with van der Waals surface area (Å²) < 4.78 is 20.6. The molecule has 0 N–H and O–H groups in total. The lowest BCUT2D eigenvalue weighted by Crippen LogP contribution is -2.49. The highest BCUT2D eigenvalue weighted by molar-refractivity contribution is 5.93. The lowest BCUT2D eigenvalue weighted by Gasteiger charge is -2.36. The highest BCUT2D eigenvalue weighted by atomic mass is 19.1. The SMILES string of the molecule is CCOc1ccccc1N1CCN(C(=O)c2cc(C)nn2-c2ccc(F)cc2)CC1. The minimum atomic E-state index is -0.320. The fourth-order valence-electron chi connectivity index (χ4n) is 3.74. The third-order valence-corrected chi connectivity index (χ3v) is 5.19. The number of aryl methyl sites for hydroxylation is 1. The van der Waals surface area contributed by atoms with Gasteiger partial charge in [-0.2, -0.15) is 5.10 Å². The van der Waals surface area contributed by atoms with Crippen LogP contribution in [0, 0.1) is 12.7 Å². The number of carbonyl (C=O) groups is 1. The van der Waals surface area contributed by atoms with Gasteiger partial charge in [0.05, 0.1) is 23.7 Å². The first-order chi connectivity index (χ1) is 14.6. The van der Waals surface area contributed by atoms with Gasteiger partial charge in [0.25, 0.3) is 5.91 Å². The van der Waals surface area contributed by atoms with Crippen molar-refractivity contribution in [2.75, 3.05) is 37.7 Å². The Morgan fingerprint density at radius 3 is 2.47 bits per heavy atom. The summed E-state index contributed by atoms with van der Waals surface area (Å²) in [5.41, 5.74) is 2.95. The molecular formula is C23H25FN4O2. The Labute approximate surface area is 175 Å². The minimum Gasteiger partial charge on any atom is -0.492 e. The van der Waals surface area contributed by atoms with Crippen LogP contribution >= 0.6 is 0 Å². The predicted molar refractivity (Wildman–Crippen MR) is 114 cm³/mol. The monoisotopic (exact) mass is 408 g/mol. The highest BCUT2D eigenvalue weighted by Crippen LogP contribution is 2.29. The van der Waals surface area contributed by atoms with Gasteiger partial charge < -0.3 is 14.5 Å². The molecule has 0 radical (unpaired) electrons. The summed E-state index contributed by atoms with van der Waals surface area (Å²) in [7, 11) is 0. The first-order valence-corrected chi connectivity index (χ1v) is 10.2. The number of ether oxygens (including phenoxy) is 1. The molecule has 0 bridgehead atoms. The summed E-state index contributed by atoms with van der Waals surface area (Å²) in [6, 6.07) is 15.8. The minimum absolute atomic E-state index is 0.0716. The molecule has 7 heteroatoms. The van der Waals surface area contributed by atoms with Crippen molar-refractivity contribution in [1.82, 2.24) is 14.7 Å². The van der Waals surface area contributed by atoms with E-state index in [1.807, 2.05) is 36.9 Å². The first kappa shape index (κ1) is 19.9. The summed E-state index contributed by atoms with van der Waals surface area (Å²) in [5, 5.41) is 4.44. The molecule has 1 aliphatic rings. The van der Waals surface area contributed by atoms with E-state index in [2.05, 4.69) is 16.1 Å². The van der Waals surface area contributed by atoms with Crippen LogP contribution in [0.2, 0.25) is 0 Å². The maximum absolute atomic E-state index is 13.3. The fraction of sp³-hybridized carbons (Fsp3) is 0.304. The molecule has 2 aromatic carbocycles. The molecule has 0 spiro atoms. The van der Waals surface area contributed by atoms with Crippen LogP contribution in [0.15, 0.2) is 54.6 Å². The van der Waals surface area contributed by atoms with Crippen molar-refractivity contribution in [2.24, 2.45) is 0 Å². The number of nitrogens with zero attached hydrogens (tertiary/aromatic N) is 4. The molecule has 1 amide bonds. The molecule has 1 fully saturated rings. The molecule has 0 aliphatic carbocycles. The van der Waals surface area contributed by atoms with Crippen LogP contribution in [0.5, 0.6) is 5.75 Å². The van der Waals surface area contributed by atoms with E-state index in [1.165, 1.54) is 12.1 Å². The number of carbonyl (C=O) groups excluding carboxylic acids is 1. The van der Waals surface area contributed by atoms with E-state index in [0.29, 0.717) is 31.1 Å². The van der Waals surface area contributed by atoms with Gasteiger partial charge in [0.15, 0.2) is 0 Å². The van der Waals surface area contributed by atoms with E-state index in [4.69, 9.17) is 4.74 Å². The van der Waals surface area contributed by atoms with Gasteiger partial charge in [-0.05, 0) is 56.3 Å². The van der Waals surface area contributed by atoms with Crippen LogP contribution < -0.4 is 9.64 Å². The number of amides is 1. The Morgan fingerprint density at radius 2 is 1.77 bits per heavy atom. The molecule has 1 aromatic heterocycles. The molecule has 3 aromatic rings. The average molecular weight is 408 g/mol. The predicted octanol–water partition coefficient (Wildman–Crippen LogP) is 3.68. The van der Waals surface area contributed by atoms with Gasteiger partial charge in [0, 0.05) is 26.2 Å². The second-order valence-electron chi connectivity index (χ2n) is 7.24. The summed E-state index contributed by atoms with van der Waals surface area (Å²) in [6.45, 7) is 7.08. The van der Waals surface area contributed by atoms with E-state index in [9.17, 15) is 9.18 Å². The van der Waals surface area contributed by atoms with Crippen LogP contribution in [-0.4, -0.2) is 53.4 Å². The number of aromatic nitrogens is 2. The zero-order chi connectivity index (χ0) is 21.1. The normalized spacial score (nSPS) is 14.1. The standard InChI is InChI=1S/C23H25FN4O2/c1-3-30-22-7-5-4-6-20(22)26-12-14-27(15-13-26)23(29)21-16-17(2)25-28(21)19-10-8-18(24)9-11-19/h4-11,16H,3,12-15H2,1-2H3. The molecule has 0 saturated carbocycles. The van der Waals surface area contributed by atoms with Gasteiger partial charge in [-0.1, -0.05) is 12.1 Å². The van der Waals surface area contributed by atoms with Gasteiger partial charge in [-0.15, -0.1) is 0 Å². The van der Waals surface area contributed by atoms with E-state index < -0.39 is 0 Å². The van der Waals surface area contributed by atoms with E-state index in [-0.39, 0.29) is 11.7 Å². The van der Waals surface area contributed by atoms with Crippen LogP contribution in [0.25, 0.3) is 5.69 Å². The number of para-hydroxylation sites is 2.